The van der Waals surface area contributed by atoms with Crippen molar-refractivity contribution in [2.45, 2.75) is 55.6 Å². The van der Waals surface area contributed by atoms with Gasteiger partial charge >= 0.3 is 6.36 Å². The Hall–Kier alpha value is -3.20. The fourth-order valence-electron chi connectivity index (χ4n) is 7.37. The summed E-state index contributed by atoms with van der Waals surface area (Å²) in [5.74, 6) is 0.506. The number of hydrogen-bond acceptors (Lipinski definition) is 5. The number of piperidine rings is 1. The van der Waals surface area contributed by atoms with Gasteiger partial charge in [0.05, 0.1) is 6.04 Å². The van der Waals surface area contributed by atoms with Crippen LogP contribution < -0.4 is 9.47 Å². The first-order valence-electron chi connectivity index (χ1n) is 12.6. The van der Waals surface area contributed by atoms with E-state index in [4.69, 9.17) is 4.74 Å². The number of likely N-dealkylation sites (N-methyl/N-ethyl adjacent to an activating group) is 2. The largest absolute Gasteiger partial charge is 0.573 e. The Balaban J connectivity index is 1.27. The molecule has 4 aliphatic rings. The van der Waals surface area contributed by atoms with Gasteiger partial charge in [-0.3, -0.25) is 4.79 Å². The van der Waals surface area contributed by atoms with Gasteiger partial charge in [-0.05, 0) is 80.6 Å². The number of halogens is 3. The van der Waals surface area contributed by atoms with Crippen LogP contribution in [0, 0.1) is 5.92 Å². The van der Waals surface area contributed by atoms with Gasteiger partial charge in [-0.1, -0.05) is 18.2 Å². The molecule has 2 aliphatic heterocycles. The molecule has 6 nitrogen and oxygen atoms in total. The zero-order chi connectivity index (χ0) is 26.1. The summed E-state index contributed by atoms with van der Waals surface area (Å²) in [6.07, 6.45) is 1.38. The van der Waals surface area contributed by atoms with Crippen LogP contribution in [0.3, 0.4) is 0 Å². The van der Waals surface area contributed by atoms with Gasteiger partial charge in [0.15, 0.2) is 11.5 Å². The van der Waals surface area contributed by atoms with Crippen molar-refractivity contribution < 1.29 is 32.5 Å². The van der Waals surface area contributed by atoms with Crippen LogP contribution in [0.4, 0.5) is 13.2 Å². The molecule has 196 valence electrons. The number of phenolic OH excluding ortho intramolecular Hbond substituents is 1. The number of benzene rings is 2. The highest BCUT2D eigenvalue weighted by atomic mass is 19.4. The third-order valence-corrected chi connectivity index (χ3v) is 8.92. The second-order valence-electron chi connectivity index (χ2n) is 10.7. The summed E-state index contributed by atoms with van der Waals surface area (Å²) >= 11 is 0. The smallest absolute Gasteiger partial charge is 0.504 e. The Morgan fingerprint density at radius 2 is 2.08 bits per heavy atom. The molecule has 2 aliphatic carbocycles. The molecule has 1 saturated carbocycles. The lowest BCUT2D eigenvalue weighted by molar-refractivity contribution is -0.274. The summed E-state index contributed by atoms with van der Waals surface area (Å²) in [6.45, 7) is 0.927. The van der Waals surface area contributed by atoms with Crippen molar-refractivity contribution in [3.05, 3.63) is 59.2 Å². The maximum Gasteiger partial charge on any atom is 0.573 e. The second-order valence-corrected chi connectivity index (χ2v) is 10.7. The number of likely N-dealkylation sites (tertiary alicyclic amines) is 1. The van der Waals surface area contributed by atoms with E-state index in [9.17, 15) is 23.1 Å². The Kier molecular flexibility index (Phi) is 5.49. The molecule has 2 aromatic rings. The van der Waals surface area contributed by atoms with Crippen LogP contribution in [-0.4, -0.2) is 66.0 Å². The summed E-state index contributed by atoms with van der Waals surface area (Å²) in [4.78, 5) is 17.4. The van der Waals surface area contributed by atoms with Crippen molar-refractivity contribution >= 4 is 12.0 Å². The highest BCUT2D eigenvalue weighted by molar-refractivity contribution is 5.92. The maximum atomic E-state index is 13.3. The number of carbonyl (C=O) groups excluding carboxylic acids is 1. The molecule has 0 radical (unpaired) electrons. The minimum atomic E-state index is -4.78. The minimum absolute atomic E-state index is 0.146. The molecule has 37 heavy (non-hydrogen) atoms. The zero-order valence-electron chi connectivity index (χ0n) is 20.7. The molecule has 0 aromatic heterocycles. The number of amides is 1. The van der Waals surface area contributed by atoms with Crippen LogP contribution in [0.5, 0.6) is 17.2 Å². The molecular weight excluding hydrogens is 485 g/mol. The summed E-state index contributed by atoms with van der Waals surface area (Å²) in [5, 5.41) is 10.7. The number of ether oxygens (including phenoxy) is 2. The van der Waals surface area contributed by atoms with E-state index in [0.29, 0.717) is 23.3 Å². The Labute approximate surface area is 213 Å². The molecule has 1 spiro atoms. The average Bonchev–Trinajstić information content (AvgIpc) is 3.20. The number of rotatable bonds is 4. The highest BCUT2D eigenvalue weighted by Gasteiger charge is 2.66. The van der Waals surface area contributed by atoms with Crippen LogP contribution in [-0.2, 0) is 16.6 Å². The summed E-state index contributed by atoms with van der Waals surface area (Å²) in [5.41, 5.74) is 2.53. The molecule has 1 N–H and O–H groups in total. The van der Waals surface area contributed by atoms with E-state index < -0.39 is 6.36 Å². The monoisotopic (exact) mass is 514 g/mol. The van der Waals surface area contributed by atoms with Crippen molar-refractivity contribution in [2.24, 2.45) is 5.92 Å². The van der Waals surface area contributed by atoms with Gasteiger partial charge in [0.1, 0.15) is 11.9 Å². The van der Waals surface area contributed by atoms with E-state index in [1.54, 1.807) is 24.1 Å². The quantitative estimate of drug-likeness (QED) is 0.609. The Morgan fingerprint density at radius 1 is 1.27 bits per heavy atom. The first kappa shape index (κ1) is 24.2. The van der Waals surface area contributed by atoms with E-state index >= 15 is 0 Å². The van der Waals surface area contributed by atoms with E-state index in [2.05, 4.69) is 16.7 Å². The zero-order valence-corrected chi connectivity index (χ0v) is 20.7. The molecule has 6 rings (SSSR count). The third-order valence-electron chi connectivity index (χ3n) is 8.92. The van der Waals surface area contributed by atoms with Crippen LogP contribution in [0.2, 0.25) is 0 Å². The predicted octanol–water partition coefficient (Wildman–Crippen LogP) is 4.50. The molecule has 1 saturated heterocycles. The molecule has 2 heterocycles. The van der Waals surface area contributed by atoms with Gasteiger partial charge in [0.25, 0.3) is 0 Å². The first-order chi connectivity index (χ1) is 17.6. The van der Waals surface area contributed by atoms with E-state index in [1.165, 1.54) is 35.9 Å². The van der Waals surface area contributed by atoms with E-state index in [0.717, 1.165) is 37.8 Å². The first-order valence-corrected chi connectivity index (χ1v) is 12.6. The summed E-state index contributed by atoms with van der Waals surface area (Å²) in [7, 11) is 3.93. The molecule has 2 bridgehead atoms. The fraction of sp³-hybridized carbons (Fsp3) is 0.464. The number of aromatic hydroxyl groups is 1. The number of hydrogen-bond donors (Lipinski definition) is 1. The summed E-state index contributed by atoms with van der Waals surface area (Å²) < 4.78 is 48.2. The normalized spacial score (nSPS) is 30.1. The van der Waals surface area contributed by atoms with Gasteiger partial charge in [0, 0.05) is 30.1 Å². The SMILES string of the molecule is CN1CC[C@]23c4c5ccc(O)c4O[C@H]2[C@H](N(C)C(=O)C=Cc2cccc(OC(F)(F)F)c2)CC[C@H]3[C@H]1C5. The minimum Gasteiger partial charge on any atom is -0.504 e. The van der Waals surface area contributed by atoms with Gasteiger partial charge in [-0.2, -0.15) is 0 Å². The fourth-order valence-corrected chi connectivity index (χ4v) is 7.37. The van der Waals surface area contributed by atoms with Crippen LogP contribution in [0.15, 0.2) is 42.5 Å². The van der Waals surface area contributed by atoms with Crippen molar-refractivity contribution in [1.29, 1.82) is 0 Å². The van der Waals surface area contributed by atoms with Crippen molar-refractivity contribution in [3.63, 3.8) is 0 Å². The third kappa shape index (κ3) is 3.77. The number of carbonyl (C=O) groups is 1. The topological polar surface area (TPSA) is 62.2 Å². The van der Waals surface area contributed by atoms with E-state index in [1.807, 2.05) is 6.07 Å². The van der Waals surface area contributed by atoms with Crippen LogP contribution in [0.25, 0.3) is 6.08 Å². The lowest BCUT2D eigenvalue weighted by Crippen LogP contribution is -2.68. The Bertz CT molecular complexity index is 1280. The van der Waals surface area contributed by atoms with Crippen molar-refractivity contribution in [3.8, 4) is 17.2 Å². The molecule has 9 heteroatoms. The van der Waals surface area contributed by atoms with Gasteiger partial charge in [-0.25, -0.2) is 0 Å². The van der Waals surface area contributed by atoms with E-state index in [-0.39, 0.29) is 35.0 Å². The van der Waals surface area contributed by atoms with Crippen LogP contribution in [0.1, 0.15) is 36.0 Å². The highest BCUT2D eigenvalue weighted by Crippen LogP contribution is 2.64. The standard InChI is InChI=1S/C28H29F3N2O4/c1-32-13-12-27-19-8-9-20(26(27)36-25-22(34)10-7-17(24(25)27)15-21(19)32)33(2)23(35)11-6-16-4-3-5-18(14-16)37-28(29,30)31/h3-7,10-11,14,19-21,26,34H,8-9,12-13,15H2,1-2H3/t19-,20+,21+,26-,27-/m0/s1. The van der Waals surface area contributed by atoms with Crippen molar-refractivity contribution in [1.82, 2.24) is 9.80 Å². The predicted molar refractivity (Wildman–Crippen MR) is 130 cm³/mol. The molecule has 1 amide bonds. The summed E-state index contributed by atoms with van der Waals surface area (Å²) in [6, 6.07) is 9.44. The van der Waals surface area contributed by atoms with Gasteiger partial charge in [0.2, 0.25) is 5.91 Å². The van der Waals surface area contributed by atoms with Gasteiger partial charge < -0.3 is 24.4 Å². The molecule has 5 atom stereocenters. The molecule has 2 aromatic carbocycles. The molecule has 2 fully saturated rings. The molecular formula is C28H29F3N2O4. The second kappa shape index (κ2) is 8.41. The molecule has 0 unspecified atom stereocenters. The van der Waals surface area contributed by atoms with Gasteiger partial charge in [-0.15, -0.1) is 13.2 Å². The average molecular weight is 515 g/mol. The number of alkyl halides is 3. The van der Waals surface area contributed by atoms with Crippen LogP contribution >= 0.6 is 0 Å². The lowest BCUT2D eigenvalue weighted by Gasteiger charge is -2.59. The number of nitrogens with zero attached hydrogens (tertiary/aromatic N) is 2. The maximum absolute atomic E-state index is 13.3. The number of phenols is 1. The lowest BCUT2D eigenvalue weighted by atomic mass is 9.51. The Morgan fingerprint density at radius 3 is 2.86 bits per heavy atom. The van der Waals surface area contributed by atoms with Crippen molar-refractivity contribution in [2.75, 3.05) is 20.6 Å².